The Morgan fingerprint density at radius 1 is 1.07 bits per heavy atom. The minimum absolute atomic E-state index is 0.338. The lowest BCUT2D eigenvalue weighted by atomic mass is 10.2. The summed E-state index contributed by atoms with van der Waals surface area (Å²) < 4.78 is 29.8. The highest BCUT2D eigenvalue weighted by Gasteiger charge is 2.21. The zero-order valence-electron chi connectivity index (χ0n) is 15.3. The van der Waals surface area contributed by atoms with Crippen LogP contribution in [0.4, 0.5) is 14.6 Å². The van der Waals surface area contributed by atoms with E-state index >= 15 is 0 Å². The lowest BCUT2D eigenvalue weighted by molar-refractivity contribution is 0.139. The molecule has 0 aliphatic rings. The summed E-state index contributed by atoms with van der Waals surface area (Å²) in [5.41, 5.74) is 2.13. The molecule has 2 aromatic heterocycles. The van der Waals surface area contributed by atoms with Gasteiger partial charge in [-0.2, -0.15) is 0 Å². The van der Waals surface area contributed by atoms with E-state index in [9.17, 15) is 8.78 Å². The highest BCUT2D eigenvalue weighted by Crippen LogP contribution is 2.28. The van der Waals surface area contributed by atoms with Gasteiger partial charge in [-0.1, -0.05) is 52.0 Å². The Bertz CT molecular complexity index is 1160. The van der Waals surface area contributed by atoms with Gasteiger partial charge in [0.25, 0.3) is 6.43 Å². The number of para-hydroxylation sites is 2. The second-order valence-corrected chi connectivity index (χ2v) is 7.87. The molecule has 29 heavy (non-hydrogen) atoms. The molecule has 0 amide bonds. The molecule has 1 N–H and O–H groups in total. The molecule has 0 unspecified atom stereocenters. The third-order valence-electron chi connectivity index (χ3n) is 4.25. The average molecular weight is 476 g/mol. The lowest BCUT2D eigenvalue weighted by Gasteiger charge is -2.12. The van der Waals surface area contributed by atoms with Crippen molar-refractivity contribution in [2.24, 2.45) is 0 Å². The normalized spacial score (nSPS) is 11.3. The molecule has 4 aromatic rings. The van der Waals surface area contributed by atoms with Gasteiger partial charge >= 0.3 is 0 Å². The number of thioether (sulfide) groups is 1. The molecule has 0 fully saturated rings. The van der Waals surface area contributed by atoms with E-state index in [2.05, 4.69) is 36.2 Å². The molecule has 0 aliphatic heterocycles. The number of nitrogens with one attached hydrogen (secondary N) is 1. The summed E-state index contributed by atoms with van der Waals surface area (Å²) in [5.74, 6) is 0.567. The summed E-state index contributed by atoms with van der Waals surface area (Å²) in [6.07, 6.45) is -0.884. The van der Waals surface area contributed by atoms with E-state index in [1.54, 1.807) is 30.3 Å². The zero-order valence-corrected chi connectivity index (χ0v) is 17.7. The first kappa shape index (κ1) is 19.8. The van der Waals surface area contributed by atoms with Gasteiger partial charge in [-0.25, -0.2) is 23.7 Å². The van der Waals surface area contributed by atoms with Crippen LogP contribution in [0, 0.1) is 0 Å². The summed E-state index contributed by atoms with van der Waals surface area (Å²) in [4.78, 5) is 13.0. The smallest absolute Gasteiger partial charge is 0.296 e. The number of rotatable bonds is 6. The molecular formula is C20H16BrF2N5S. The van der Waals surface area contributed by atoms with E-state index in [0.29, 0.717) is 34.4 Å². The summed E-state index contributed by atoms with van der Waals surface area (Å²) in [6, 6.07) is 16.6. The summed E-state index contributed by atoms with van der Waals surface area (Å²) >= 11 is 4.80. The van der Waals surface area contributed by atoms with Crippen LogP contribution in [0.5, 0.6) is 0 Å². The maximum absolute atomic E-state index is 13.7. The lowest BCUT2D eigenvalue weighted by Crippen LogP contribution is -2.08. The van der Waals surface area contributed by atoms with Crippen LogP contribution in [0.15, 0.2) is 64.2 Å². The second kappa shape index (κ2) is 8.46. The Hall–Kier alpha value is -2.52. The minimum Gasteiger partial charge on any atom is -0.366 e. The third kappa shape index (κ3) is 4.25. The molecule has 2 heterocycles. The van der Waals surface area contributed by atoms with Crippen LogP contribution in [0.25, 0.3) is 16.9 Å². The number of hydrogen-bond acceptors (Lipinski definition) is 5. The first-order chi connectivity index (χ1) is 14.0. The molecule has 5 nitrogen and oxygen atoms in total. The Morgan fingerprint density at radius 2 is 1.90 bits per heavy atom. The highest BCUT2D eigenvalue weighted by molar-refractivity contribution is 9.10. The molecule has 0 spiro atoms. The monoisotopic (exact) mass is 475 g/mol. The van der Waals surface area contributed by atoms with Gasteiger partial charge in [0.2, 0.25) is 0 Å². The van der Waals surface area contributed by atoms with Gasteiger partial charge in [0.15, 0.2) is 11.0 Å². The molecule has 4 rings (SSSR count). The maximum Gasteiger partial charge on any atom is 0.296 e. The number of imidazole rings is 1. The third-order valence-corrected chi connectivity index (χ3v) is 5.29. The molecule has 0 bridgehead atoms. The largest absolute Gasteiger partial charge is 0.366 e. The standard InChI is InChI=1S/C20H16BrF2N5S/c1-29-20-26-16(24-11-12-5-4-6-13(21)9-12)10-17(27-20)28-15-8-3-2-7-14(15)25-19(28)18(22)23/h2-10,18H,11H2,1H3,(H,24,26,27). The van der Waals surface area contributed by atoms with Crippen LogP contribution in [0.1, 0.15) is 17.8 Å². The molecule has 9 heteroatoms. The number of alkyl halides is 2. The second-order valence-electron chi connectivity index (χ2n) is 6.18. The van der Waals surface area contributed by atoms with Crippen LogP contribution in [0.3, 0.4) is 0 Å². The van der Waals surface area contributed by atoms with E-state index in [0.717, 1.165) is 10.0 Å². The van der Waals surface area contributed by atoms with E-state index in [-0.39, 0.29) is 5.82 Å². The van der Waals surface area contributed by atoms with Gasteiger partial charge in [-0.3, -0.25) is 4.57 Å². The molecular weight excluding hydrogens is 460 g/mol. The average Bonchev–Trinajstić information content (AvgIpc) is 3.12. The van der Waals surface area contributed by atoms with Crippen LogP contribution in [0.2, 0.25) is 0 Å². The Kier molecular flexibility index (Phi) is 5.77. The molecule has 0 aliphatic carbocycles. The topological polar surface area (TPSA) is 55.6 Å². The maximum atomic E-state index is 13.7. The van der Waals surface area contributed by atoms with E-state index < -0.39 is 6.43 Å². The van der Waals surface area contributed by atoms with Gasteiger partial charge in [0, 0.05) is 17.1 Å². The van der Waals surface area contributed by atoms with E-state index in [1.165, 1.54) is 16.3 Å². The number of benzene rings is 2. The number of nitrogens with zero attached hydrogens (tertiary/aromatic N) is 4. The van der Waals surface area contributed by atoms with Gasteiger partial charge in [-0.05, 0) is 36.1 Å². The van der Waals surface area contributed by atoms with Gasteiger partial charge in [-0.15, -0.1) is 0 Å². The molecule has 0 radical (unpaired) electrons. The number of aromatic nitrogens is 4. The Balaban J connectivity index is 1.76. The molecule has 0 atom stereocenters. The predicted octanol–water partition coefficient (Wildman–Crippen LogP) is 5.85. The van der Waals surface area contributed by atoms with Crippen molar-refractivity contribution in [1.82, 2.24) is 19.5 Å². The summed E-state index contributed by atoms with van der Waals surface area (Å²) in [7, 11) is 0. The van der Waals surface area contributed by atoms with Crippen molar-refractivity contribution < 1.29 is 8.78 Å². The Morgan fingerprint density at radius 3 is 2.66 bits per heavy atom. The molecule has 148 valence electrons. The van der Waals surface area contributed by atoms with Crippen molar-refractivity contribution in [3.63, 3.8) is 0 Å². The molecule has 2 aromatic carbocycles. The molecule has 0 saturated carbocycles. The molecule has 0 saturated heterocycles. The number of hydrogen-bond donors (Lipinski definition) is 1. The fourth-order valence-corrected chi connectivity index (χ4v) is 3.80. The Labute approximate surface area is 178 Å². The first-order valence-electron chi connectivity index (χ1n) is 8.72. The van der Waals surface area contributed by atoms with Crippen molar-refractivity contribution in [3.05, 3.63) is 70.5 Å². The van der Waals surface area contributed by atoms with E-state index in [4.69, 9.17) is 0 Å². The fourth-order valence-electron chi connectivity index (χ4n) is 2.98. The van der Waals surface area contributed by atoms with Crippen LogP contribution in [-0.2, 0) is 6.54 Å². The van der Waals surface area contributed by atoms with E-state index in [1.807, 2.05) is 30.5 Å². The van der Waals surface area contributed by atoms with Crippen molar-refractivity contribution in [3.8, 4) is 5.82 Å². The SMILES string of the molecule is CSc1nc(NCc2cccc(Br)c2)cc(-n2c(C(F)F)nc3ccccc32)n1. The van der Waals surface area contributed by atoms with Crippen molar-refractivity contribution in [1.29, 1.82) is 0 Å². The van der Waals surface area contributed by atoms with Crippen LogP contribution < -0.4 is 5.32 Å². The van der Waals surface area contributed by atoms with Gasteiger partial charge < -0.3 is 5.32 Å². The summed E-state index contributed by atoms with van der Waals surface area (Å²) in [6.45, 7) is 0.538. The highest BCUT2D eigenvalue weighted by atomic mass is 79.9. The van der Waals surface area contributed by atoms with Gasteiger partial charge in [0.1, 0.15) is 11.6 Å². The van der Waals surface area contributed by atoms with Crippen LogP contribution in [-0.4, -0.2) is 25.8 Å². The predicted molar refractivity (Wildman–Crippen MR) is 115 cm³/mol. The summed E-state index contributed by atoms with van der Waals surface area (Å²) in [5, 5.41) is 3.74. The van der Waals surface area contributed by atoms with Gasteiger partial charge in [0.05, 0.1) is 11.0 Å². The van der Waals surface area contributed by atoms with Crippen molar-refractivity contribution in [2.45, 2.75) is 18.1 Å². The number of anilines is 1. The van der Waals surface area contributed by atoms with Crippen molar-refractivity contribution in [2.75, 3.05) is 11.6 Å². The first-order valence-corrected chi connectivity index (χ1v) is 10.7. The minimum atomic E-state index is -2.73. The van der Waals surface area contributed by atoms with Crippen LogP contribution >= 0.6 is 27.7 Å². The number of halogens is 3. The van der Waals surface area contributed by atoms with Crippen molar-refractivity contribution >= 4 is 44.5 Å². The quantitative estimate of drug-likeness (QED) is 0.280. The number of fused-ring (bicyclic) bond motifs is 1. The fraction of sp³-hybridized carbons (Fsp3) is 0.150. The zero-order chi connectivity index (χ0) is 20.4.